The third-order valence-electron chi connectivity index (χ3n) is 1.25. The van der Waals surface area contributed by atoms with Crippen LogP contribution >= 0.6 is 0 Å². The quantitative estimate of drug-likeness (QED) is 0.284. The van der Waals surface area contributed by atoms with Crippen molar-refractivity contribution in [1.29, 1.82) is 0 Å². The molecule has 0 aliphatic rings. The van der Waals surface area contributed by atoms with Crippen LogP contribution < -0.4 is 5.32 Å². The molecule has 0 radical (unpaired) electrons. The Morgan fingerprint density at radius 2 is 2.00 bits per heavy atom. The maximum absolute atomic E-state index is 10.8. The van der Waals surface area contributed by atoms with E-state index in [0.717, 1.165) is 0 Å². The van der Waals surface area contributed by atoms with Crippen LogP contribution in [0.5, 0.6) is 0 Å². The molecule has 2 N–H and O–H groups in total. The fraction of sp³-hybridized carbons (Fsp3) is 0.571. The molecule has 7 heteroatoms. The van der Waals surface area contributed by atoms with Crippen LogP contribution in [0, 0.1) is 0 Å². The van der Waals surface area contributed by atoms with E-state index in [1.54, 1.807) is 6.92 Å². The summed E-state index contributed by atoms with van der Waals surface area (Å²) in [5.41, 5.74) is 0.367. The predicted octanol–water partition coefficient (Wildman–Crippen LogP) is -0.692. The Morgan fingerprint density at radius 1 is 1.50 bits per heavy atom. The van der Waals surface area contributed by atoms with Crippen LogP contribution in [0.3, 0.4) is 0 Å². The Kier molecular flexibility index (Phi) is 8.77. The summed E-state index contributed by atoms with van der Waals surface area (Å²) in [7, 11) is -3.92. The van der Waals surface area contributed by atoms with Gasteiger partial charge >= 0.3 is 29.6 Å². The molecule has 0 aliphatic carbocycles. The molecule has 0 atom stereocenters. The minimum atomic E-state index is -3.92. The summed E-state index contributed by atoms with van der Waals surface area (Å²) in [6.45, 7) is 5.17. The molecule has 0 unspecified atom stereocenters. The number of amides is 1. The SMILES string of the molecule is C=C(C)C(=O)NCCCS(=O)(=O)O.[NaH]. The summed E-state index contributed by atoms with van der Waals surface area (Å²) >= 11 is 0. The molecule has 0 aliphatic heterocycles. The average Bonchev–Trinajstić information content (AvgIpc) is 1.95. The van der Waals surface area contributed by atoms with Gasteiger partial charge in [0.25, 0.3) is 10.1 Å². The Balaban J connectivity index is 0. The summed E-state index contributed by atoms with van der Waals surface area (Å²) in [4.78, 5) is 10.8. The van der Waals surface area contributed by atoms with E-state index >= 15 is 0 Å². The van der Waals surface area contributed by atoms with Crippen LogP contribution in [0.25, 0.3) is 0 Å². The Hall–Kier alpha value is 0.120. The normalized spacial score (nSPS) is 10.1. The molecule has 78 valence electrons. The number of nitrogens with one attached hydrogen (secondary N) is 1. The van der Waals surface area contributed by atoms with Crippen molar-refractivity contribution in [2.24, 2.45) is 0 Å². The molecule has 1 amide bonds. The van der Waals surface area contributed by atoms with E-state index in [-0.39, 0.29) is 54.2 Å². The fourth-order valence-electron chi connectivity index (χ4n) is 0.607. The molecule has 5 nitrogen and oxygen atoms in total. The third kappa shape index (κ3) is 10.2. The zero-order valence-corrected chi connectivity index (χ0v) is 8.23. The number of hydrogen-bond donors (Lipinski definition) is 2. The van der Waals surface area contributed by atoms with E-state index in [1.807, 2.05) is 0 Å². The zero-order valence-electron chi connectivity index (χ0n) is 7.41. The maximum atomic E-state index is 10.8. The van der Waals surface area contributed by atoms with Gasteiger partial charge in [0.2, 0.25) is 5.91 Å². The zero-order chi connectivity index (χ0) is 10.5. The van der Waals surface area contributed by atoms with Gasteiger partial charge in [-0.1, -0.05) is 6.58 Å². The molecule has 0 saturated carbocycles. The second-order valence-corrected chi connectivity index (χ2v) is 4.25. The van der Waals surface area contributed by atoms with E-state index in [9.17, 15) is 13.2 Å². The minimum absolute atomic E-state index is 0. The Labute approximate surface area is 106 Å². The van der Waals surface area contributed by atoms with Gasteiger partial charge in [0, 0.05) is 12.1 Å². The van der Waals surface area contributed by atoms with Crippen molar-refractivity contribution in [2.45, 2.75) is 13.3 Å². The molecule has 0 saturated heterocycles. The van der Waals surface area contributed by atoms with Crippen LogP contribution in [0.4, 0.5) is 0 Å². The second-order valence-electron chi connectivity index (χ2n) is 2.68. The summed E-state index contributed by atoms with van der Waals surface area (Å²) in [6, 6.07) is 0. The molecule has 0 aromatic rings. The van der Waals surface area contributed by atoms with E-state index in [4.69, 9.17) is 4.55 Å². The van der Waals surface area contributed by atoms with Gasteiger partial charge in [-0.05, 0) is 13.3 Å². The molecule has 0 bridgehead atoms. The van der Waals surface area contributed by atoms with Crippen molar-refractivity contribution in [3.63, 3.8) is 0 Å². The molecule has 0 rings (SSSR count). The van der Waals surface area contributed by atoms with Crippen molar-refractivity contribution in [3.05, 3.63) is 12.2 Å². The second kappa shape index (κ2) is 7.42. The van der Waals surface area contributed by atoms with Crippen molar-refractivity contribution in [3.8, 4) is 0 Å². The number of hydrogen-bond acceptors (Lipinski definition) is 3. The number of carbonyl (C=O) groups is 1. The monoisotopic (exact) mass is 231 g/mol. The van der Waals surface area contributed by atoms with Gasteiger partial charge in [0.1, 0.15) is 0 Å². The van der Waals surface area contributed by atoms with Crippen LogP contribution in [-0.2, 0) is 14.9 Å². The summed E-state index contributed by atoms with van der Waals surface area (Å²) in [6.07, 6.45) is 0.192. The molecule has 0 spiro atoms. The molecule has 0 aromatic heterocycles. The van der Waals surface area contributed by atoms with E-state index in [2.05, 4.69) is 11.9 Å². The Morgan fingerprint density at radius 3 is 2.36 bits per heavy atom. The van der Waals surface area contributed by atoms with Gasteiger partial charge in [-0.3, -0.25) is 9.35 Å². The predicted molar refractivity (Wildman–Crippen MR) is 56.0 cm³/mol. The Bertz CT molecular complexity index is 299. The van der Waals surface area contributed by atoms with Crippen LogP contribution in [0.1, 0.15) is 13.3 Å². The molecule has 14 heavy (non-hydrogen) atoms. The van der Waals surface area contributed by atoms with Crippen LogP contribution in [-0.4, -0.2) is 60.7 Å². The average molecular weight is 231 g/mol. The van der Waals surface area contributed by atoms with Crippen molar-refractivity contribution in [1.82, 2.24) is 5.32 Å². The van der Waals surface area contributed by atoms with E-state index < -0.39 is 10.1 Å². The number of carbonyl (C=O) groups excluding carboxylic acids is 1. The first-order chi connectivity index (χ1) is 5.83. The first-order valence-corrected chi connectivity index (χ1v) is 5.32. The van der Waals surface area contributed by atoms with Gasteiger partial charge in [-0.25, -0.2) is 0 Å². The van der Waals surface area contributed by atoms with Crippen molar-refractivity contribution in [2.75, 3.05) is 12.3 Å². The summed E-state index contributed by atoms with van der Waals surface area (Å²) in [5.74, 6) is -0.654. The summed E-state index contributed by atoms with van der Waals surface area (Å²) < 4.78 is 28.8. The third-order valence-corrected chi connectivity index (χ3v) is 2.06. The van der Waals surface area contributed by atoms with Crippen LogP contribution in [0.15, 0.2) is 12.2 Å². The first-order valence-electron chi connectivity index (χ1n) is 3.72. The summed E-state index contributed by atoms with van der Waals surface area (Å²) in [5, 5.41) is 2.44. The van der Waals surface area contributed by atoms with Crippen molar-refractivity contribution < 1.29 is 17.8 Å². The molecular weight excluding hydrogens is 217 g/mol. The number of rotatable bonds is 5. The van der Waals surface area contributed by atoms with E-state index in [1.165, 1.54) is 0 Å². The van der Waals surface area contributed by atoms with Gasteiger partial charge in [-0.15, -0.1) is 0 Å². The molecule has 0 aromatic carbocycles. The van der Waals surface area contributed by atoms with E-state index in [0.29, 0.717) is 5.57 Å². The fourth-order valence-corrected chi connectivity index (χ4v) is 1.12. The topological polar surface area (TPSA) is 83.5 Å². The van der Waals surface area contributed by atoms with Crippen molar-refractivity contribution >= 4 is 45.6 Å². The van der Waals surface area contributed by atoms with Gasteiger partial charge in [0.05, 0.1) is 5.75 Å². The molecule has 0 fully saturated rings. The standard InChI is InChI=1S/C7H13NO4S.Na.H/c1-6(2)7(9)8-4-3-5-13(10,11)12;;/h1,3-5H2,2H3,(H,8,9)(H,10,11,12);;. The molecule has 0 heterocycles. The van der Waals surface area contributed by atoms with Crippen LogP contribution in [0.2, 0.25) is 0 Å². The first kappa shape index (κ1) is 16.5. The van der Waals surface area contributed by atoms with Gasteiger partial charge in [-0.2, -0.15) is 8.42 Å². The van der Waals surface area contributed by atoms with Gasteiger partial charge < -0.3 is 5.32 Å². The van der Waals surface area contributed by atoms with Gasteiger partial charge in [0.15, 0.2) is 0 Å². The molecular formula is C7H14NNaO4S.